The maximum atomic E-state index is 6.07. The van der Waals surface area contributed by atoms with E-state index >= 15 is 0 Å². The Labute approximate surface area is 117 Å². The summed E-state index contributed by atoms with van der Waals surface area (Å²) in [6, 6.07) is 0.680. The Morgan fingerprint density at radius 1 is 1.11 bits per heavy atom. The molecule has 0 aromatic carbocycles. The second-order valence-corrected chi connectivity index (χ2v) is 5.75. The molecule has 2 rings (SSSR count). The molecular formula is C15H29NO3. The van der Waals surface area contributed by atoms with Crippen molar-refractivity contribution in [2.75, 3.05) is 40.1 Å². The molecule has 0 bridgehead atoms. The molecule has 2 atom stereocenters. The van der Waals surface area contributed by atoms with Crippen molar-refractivity contribution < 1.29 is 14.2 Å². The zero-order valence-electron chi connectivity index (χ0n) is 12.5. The molecule has 2 unspecified atom stereocenters. The van der Waals surface area contributed by atoms with Gasteiger partial charge < -0.3 is 19.5 Å². The molecule has 0 saturated heterocycles. The predicted molar refractivity (Wildman–Crippen MR) is 75.4 cm³/mol. The maximum Gasteiger partial charge on any atom is 0.0704 e. The van der Waals surface area contributed by atoms with Crippen LogP contribution < -0.4 is 5.32 Å². The Hall–Kier alpha value is -0.160. The molecule has 4 nitrogen and oxygen atoms in total. The first kappa shape index (κ1) is 15.2. The van der Waals surface area contributed by atoms with Gasteiger partial charge in [0.05, 0.1) is 32.5 Å². The lowest BCUT2D eigenvalue weighted by molar-refractivity contribution is -0.141. The van der Waals surface area contributed by atoms with Crippen LogP contribution >= 0.6 is 0 Å². The number of ether oxygens (including phenoxy) is 3. The van der Waals surface area contributed by atoms with E-state index in [0.717, 1.165) is 13.2 Å². The summed E-state index contributed by atoms with van der Waals surface area (Å²) in [6.45, 7) is 5.99. The Bertz CT molecular complexity index is 254. The molecule has 2 aliphatic carbocycles. The van der Waals surface area contributed by atoms with Crippen LogP contribution in [0.5, 0.6) is 0 Å². The molecule has 2 saturated carbocycles. The van der Waals surface area contributed by atoms with E-state index in [1.807, 2.05) is 0 Å². The van der Waals surface area contributed by atoms with Crippen LogP contribution in [0.25, 0.3) is 0 Å². The molecule has 0 aromatic heterocycles. The highest BCUT2D eigenvalue weighted by molar-refractivity contribution is 5.09. The third-order valence-electron chi connectivity index (χ3n) is 4.75. The van der Waals surface area contributed by atoms with Gasteiger partial charge in [-0.3, -0.25) is 0 Å². The van der Waals surface area contributed by atoms with Gasteiger partial charge in [0, 0.05) is 18.6 Å². The van der Waals surface area contributed by atoms with E-state index in [1.54, 1.807) is 7.11 Å². The lowest BCUT2D eigenvalue weighted by atomic mass is 9.60. The summed E-state index contributed by atoms with van der Waals surface area (Å²) in [6.07, 6.45) is 7.02. The first-order valence-corrected chi connectivity index (χ1v) is 7.75. The van der Waals surface area contributed by atoms with E-state index < -0.39 is 0 Å². The maximum absolute atomic E-state index is 6.07. The number of nitrogens with one attached hydrogen (secondary N) is 1. The molecule has 0 aliphatic heterocycles. The average molecular weight is 271 g/mol. The van der Waals surface area contributed by atoms with Crippen molar-refractivity contribution in [1.82, 2.24) is 5.32 Å². The molecule has 0 amide bonds. The lowest BCUT2D eigenvalue weighted by Crippen LogP contribution is -2.62. The molecule has 2 aliphatic rings. The van der Waals surface area contributed by atoms with Crippen LogP contribution in [0.15, 0.2) is 0 Å². The minimum absolute atomic E-state index is 0.433. The average Bonchev–Trinajstić information content (AvgIpc) is 2.92. The molecule has 0 aromatic rings. The second-order valence-electron chi connectivity index (χ2n) is 5.75. The summed E-state index contributed by atoms with van der Waals surface area (Å²) in [5, 5.41) is 3.64. The van der Waals surface area contributed by atoms with Crippen LogP contribution in [0.3, 0.4) is 0 Å². The fraction of sp³-hybridized carbons (Fsp3) is 1.00. The van der Waals surface area contributed by atoms with Crippen molar-refractivity contribution in [2.24, 2.45) is 5.41 Å². The van der Waals surface area contributed by atoms with Crippen LogP contribution in [0.1, 0.15) is 39.0 Å². The van der Waals surface area contributed by atoms with E-state index in [2.05, 4.69) is 12.2 Å². The first-order valence-electron chi connectivity index (χ1n) is 7.75. The zero-order valence-corrected chi connectivity index (χ0v) is 12.5. The van der Waals surface area contributed by atoms with Gasteiger partial charge in [0.15, 0.2) is 0 Å². The number of rotatable bonds is 9. The SMILES string of the molecule is CCNC1CC(OCCOCCOC)C12CCCC2. The number of hydrogen-bond donors (Lipinski definition) is 1. The van der Waals surface area contributed by atoms with Crippen LogP contribution in [0, 0.1) is 5.41 Å². The smallest absolute Gasteiger partial charge is 0.0704 e. The van der Waals surface area contributed by atoms with Gasteiger partial charge in [-0.1, -0.05) is 19.8 Å². The van der Waals surface area contributed by atoms with Gasteiger partial charge in [0.2, 0.25) is 0 Å². The fourth-order valence-electron chi connectivity index (χ4n) is 3.71. The van der Waals surface area contributed by atoms with Crippen molar-refractivity contribution in [3.8, 4) is 0 Å². The Balaban J connectivity index is 1.66. The van der Waals surface area contributed by atoms with E-state index in [-0.39, 0.29) is 0 Å². The molecule has 112 valence electrons. The van der Waals surface area contributed by atoms with Gasteiger partial charge in [0.25, 0.3) is 0 Å². The lowest BCUT2D eigenvalue weighted by Gasteiger charge is -2.54. The van der Waals surface area contributed by atoms with Gasteiger partial charge >= 0.3 is 0 Å². The van der Waals surface area contributed by atoms with E-state index in [4.69, 9.17) is 14.2 Å². The van der Waals surface area contributed by atoms with E-state index in [1.165, 1.54) is 32.1 Å². The number of hydrogen-bond acceptors (Lipinski definition) is 4. The minimum atomic E-state index is 0.433. The molecule has 4 heteroatoms. The van der Waals surface area contributed by atoms with Gasteiger partial charge in [-0.2, -0.15) is 0 Å². The highest BCUT2D eigenvalue weighted by Crippen LogP contribution is 2.54. The Morgan fingerprint density at radius 2 is 1.84 bits per heavy atom. The summed E-state index contributed by atoms with van der Waals surface area (Å²) >= 11 is 0. The van der Waals surface area contributed by atoms with Crippen LogP contribution in [-0.4, -0.2) is 52.2 Å². The highest BCUT2D eigenvalue weighted by atomic mass is 16.5. The summed E-state index contributed by atoms with van der Waals surface area (Å²) < 4.78 is 16.5. The summed E-state index contributed by atoms with van der Waals surface area (Å²) in [5.41, 5.74) is 0.433. The van der Waals surface area contributed by atoms with Crippen molar-refractivity contribution in [3.63, 3.8) is 0 Å². The molecule has 19 heavy (non-hydrogen) atoms. The molecule has 0 heterocycles. The Morgan fingerprint density at radius 3 is 2.53 bits per heavy atom. The van der Waals surface area contributed by atoms with Crippen molar-refractivity contribution in [3.05, 3.63) is 0 Å². The standard InChI is InChI=1S/C15H29NO3/c1-3-16-13-12-14(15(13)6-4-5-7-15)19-11-10-18-9-8-17-2/h13-14,16H,3-12H2,1-2H3. The number of methoxy groups -OCH3 is 1. The minimum Gasteiger partial charge on any atom is -0.382 e. The highest BCUT2D eigenvalue weighted by Gasteiger charge is 2.56. The molecule has 1 N–H and O–H groups in total. The summed E-state index contributed by atoms with van der Waals surface area (Å²) in [5.74, 6) is 0. The van der Waals surface area contributed by atoms with Crippen LogP contribution in [0.4, 0.5) is 0 Å². The Kier molecular flexibility index (Phi) is 6.07. The zero-order chi connectivity index (χ0) is 13.6. The van der Waals surface area contributed by atoms with Gasteiger partial charge in [-0.15, -0.1) is 0 Å². The van der Waals surface area contributed by atoms with E-state index in [0.29, 0.717) is 37.4 Å². The topological polar surface area (TPSA) is 39.7 Å². The fourth-order valence-corrected chi connectivity index (χ4v) is 3.71. The van der Waals surface area contributed by atoms with Gasteiger partial charge in [0.1, 0.15) is 0 Å². The first-order chi connectivity index (χ1) is 9.33. The van der Waals surface area contributed by atoms with E-state index in [9.17, 15) is 0 Å². The van der Waals surface area contributed by atoms with Crippen LogP contribution in [0.2, 0.25) is 0 Å². The summed E-state index contributed by atoms with van der Waals surface area (Å²) in [7, 11) is 1.69. The third-order valence-corrected chi connectivity index (χ3v) is 4.75. The van der Waals surface area contributed by atoms with Crippen molar-refractivity contribution >= 4 is 0 Å². The van der Waals surface area contributed by atoms with Crippen molar-refractivity contribution in [2.45, 2.75) is 51.2 Å². The van der Waals surface area contributed by atoms with Gasteiger partial charge in [-0.25, -0.2) is 0 Å². The molecule has 2 fully saturated rings. The quantitative estimate of drug-likeness (QED) is 0.651. The molecular weight excluding hydrogens is 242 g/mol. The normalized spacial score (nSPS) is 28.7. The predicted octanol–water partition coefficient (Wildman–Crippen LogP) is 1.98. The summed E-state index contributed by atoms with van der Waals surface area (Å²) in [4.78, 5) is 0. The largest absolute Gasteiger partial charge is 0.382 e. The monoisotopic (exact) mass is 271 g/mol. The second kappa shape index (κ2) is 7.58. The molecule has 0 radical (unpaired) electrons. The van der Waals surface area contributed by atoms with Crippen LogP contribution in [-0.2, 0) is 14.2 Å². The molecule has 1 spiro atoms. The third kappa shape index (κ3) is 3.48. The van der Waals surface area contributed by atoms with Gasteiger partial charge in [-0.05, 0) is 25.8 Å². The van der Waals surface area contributed by atoms with Crippen molar-refractivity contribution in [1.29, 1.82) is 0 Å².